The number of aromatic nitrogens is 12. The van der Waals surface area contributed by atoms with Gasteiger partial charge < -0.3 is 86.1 Å². The number of halogens is 4. The Bertz CT molecular complexity index is 3970. The van der Waals surface area contributed by atoms with Crippen LogP contribution in [-0.2, 0) is 53.3 Å². The molecule has 2 aliphatic carbocycles. The van der Waals surface area contributed by atoms with Crippen LogP contribution in [0, 0.1) is 0 Å². The molecule has 0 saturated heterocycles. The molecule has 12 aromatic heterocycles. The van der Waals surface area contributed by atoms with Crippen molar-refractivity contribution in [3.8, 4) is 91.1 Å². The molecule has 580 valence electrons. The molecule has 32 nitrogen and oxygen atoms in total. The second kappa shape index (κ2) is 54.9. The van der Waals surface area contributed by atoms with Crippen LogP contribution in [0.4, 0.5) is 0 Å². The first-order valence-corrected chi connectivity index (χ1v) is 29.8. The third-order valence-electron chi connectivity index (χ3n) is 12.8. The Kier molecular flexibility index (Phi) is 54.5. The summed E-state index contributed by atoms with van der Waals surface area (Å²) < 4.78 is 0. The van der Waals surface area contributed by atoms with Crippen LogP contribution in [0.3, 0.4) is 0 Å². The molecule has 0 aromatic carbocycles. The van der Waals surface area contributed by atoms with Crippen molar-refractivity contribution in [3.05, 3.63) is 311 Å². The number of carbonyl (C=O) groups is 4. The Balaban J connectivity index is -0.000000290. The fraction of sp³-hybridized carbons (Fsp3) is 0. The molecule has 12 heterocycles. The summed E-state index contributed by atoms with van der Waals surface area (Å²) in [4.78, 5) is 95.5. The van der Waals surface area contributed by atoms with E-state index in [1.165, 1.54) is 0 Å². The van der Waals surface area contributed by atoms with Crippen LogP contribution in [0.25, 0.3) is 91.1 Å². The van der Waals surface area contributed by atoms with E-state index in [0.29, 0.717) is 0 Å². The SMILES string of the molecule is O.O.O.O.O.O.O.O.O.O.O.O.O=C1C([O-])=C(Cl)C(=O)C([O-])=C1Cl.O=C1C([O-])=C(Cl)C(=O)C([O-])=C1Cl.[Fe+2].[Fe+2].c1ccc(-c2cccc(-c3ccccn3)n2)nc1.c1ccc(-c2cccc(-c3ccccn3)n2)nc1.c1ccc(-c2cccc(-c3ccccn3)n2)nc1.c1ccc(-c2cccc(-c3ccccn3)n2)nc1. The van der Waals surface area contributed by atoms with Crippen LogP contribution in [0.2, 0.25) is 0 Å². The minimum absolute atomic E-state index is 0. The molecule has 0 atom stereocenters. The van der Waals surface area contributed by atoms with Crippen molar-refractivity contribution in [2.24, 2.45) is 0 Å². The molecule has 0 radical (unpaired) electrons. The van der Waals surface area contributed by atoms with Gasteiger partial charge in [-0.05, 0) is 169 Å². The van der Waals surface area contributed by atoms with Crippen LogP contribution in [0.15, 0.2) is 311 Å². The average Bonchev–Trinajstić information content (AvgIpc) is 0.822. The fourth-order valence-corrected chi connectivity index (χ4v) is 8.89. The first kappa shape index (κ1) is 109. The number of nitrogens with zero attached hydrogens (tertiary/aromatic N) is 12. The zero-order valence-electron chi connectivity index (χ0n) is 56.3. The summed E-state index contributed by atoms with van der Waals surface area (Å²) in [6.07, 6.45) is 14.1. The van der Waals surface area contributed by atoms with Gasteiger partial charge in [0.1, 0.15) is 0 Å². The van der Waals surface area contributed by atoms with E-state index >= 15 is 0 Å². The maximum atomic E-state index is 10.7. The number of allylic oxidation sites excluding steroid dienone is 4. The van der Waals surface area contributed by atoms with Crippen LogP contribution in [-0.4, -0.2) is 149 Å². The van der Waals surface area contributed by atoms with Crippen molar-refractivity contribution >= 4 is 69.5 Å². The number of Topliss-reactive ketones (excluding diaryl/α,β-unsaturated/α-hetero) is 4. The number of carbonyl (C=O) groups excluding carboxylic acids is 4. The fourth-order valence-electron chi connectivity index (χ4n) is 8.20. The average molecular weight is 1670 g/mol. The number of hydrogen-bond donors (Lipinski definition) is 0. The first-order valence-electron chi connectivity index (χ1n) is 28.3. The van der Waals surface area contributed by atoms with Gasteiger partial charge >= 0.3 is 34.1 Å². The van der Waals surface area contributed by atoms with Crippen molar-refractivity contribution in [1.82, 2.24) is 59.8 Å². The molecule has 0 amide bonds. The van der Waals surface area contributed by atoms with Crippen LogP contribution >= 0.6 is 46.4 Å². The topological polar surface area (TPSA) is 693 Å². The van der Waals surface area contributed by atoms with E-state index in [-0.39, 0.29) is 99.9 Å². The third kappa shape index (κ3) is 29.5. The second-order valence-electron chi connectivity index (χ2n) is 19.2. The van der Waals surface area contributed by atoms with Gasteiger partial charge in [0.05, 0.1) is 111 Å². The van der Waals surface area contributed by atoms with Crippen molar-refractivity contribution in [2.75, 3.05) is 0 Å². The molecule has 0 bridgehead atoms. The molecule has 0 aliphatic heterocycles. The molecular formula is C72H68Cl4Fe2N12O20. The molecule has 0 fully saturated rings. The molecule has 110 heavy (non-hydrogen) atoms. The van der Waals surface area contributed by atoms with E-state index in [1.807, 2.05) is 218 Å². The molecule has 0 saturated carbocycles. The molecule has 2 aliphatic rings. The summed E-state index contributed by atoms with van der Waals surface area (Å²) in [5.41, 5.74) is 13.8. The van der Waals surface area contributed by atoms with E-state index < -0.39 is 66.3 Å². The summed E-state index contributed by atoms with van der Waals surface area (Å²) in [6.45, 7) is 0. The van der Waals surface area contributed by atoms with Gasteiger partial charge in [-0.25, -0.2) is 19.9 Å². The van der Waals surface area contributed by atoms with Gasteiger partial charge in [0.15, 0.2) is 23.1 Å². The monoisotopic (exact) mass is 1670 g/mol. The zero-order chi connectivity index (χ0) is 67.8. The predicted molar refractivity (Wildman–Crippen MR) is 398 cm³/mol. The van der Waals surface area contributed by atoms with Crippen LogP contribution in [0.5, 0.6) is 0 Å². The number of ketones is 4. The van der Waals surface area contributed by atoms with E-state index in [0.717, 1.165) is 91.1 Å². The maximum Gasteiger partial charge on any atom is 2.00 e. The van der Waals surface area contributed by atoms with Crippen molar-refractivity contribution < 1.29 is 139 Å². The molecule has 12 aromatic rings. The summed E-state index contributed by atoms with van der Waals surface area (Å²) >= 11 is 20.3. The maximum absolute atomic E-state index is 10.7. The van der Waals surface area contributed by atoms with Gasteiger partial charge in [0.2, 0.25) is 0 Å². The molecule has 24 N–H and O–H groups in total. The largest absolute Gasteiger partial charge is 2.00 e. The quantitative estimate of drug-likeness (QED) is 0.147. The summed E-state index contributed by atoms with van der Waals surface area (Å²) in [7, 11) is 0. The van der Waals surface area contributed by atoms with Gasteiger partial charge in [0, 0.05) is 49.6 Å². The number of pyridine rings is 12. The molecule has 0 spiro atoms. The summed E-state index contributed by atoms with van der Waals surface area (Å²) in [6, 6.07) is 69.9. The van der Waals surface area contributed by atoms with Crippen molar-refractivity contribution in [2.45, 2.75) is 0 Å². The predicted octanol–water partition coefficient (Wildman–Crippen LogP) is 0.440. The molecule has 14 rings (SSSR count). The summed E-state index contributed by atoms with van der Waals surface area (Å²) in [5.74, 6) is -9.84. The van der Waals surface area contributed by atoms with E-state index in [4.69, 9.17) is 46.4 Å². The molecular weight excluding hydrogens is 1610 g/mol. The Labute approximate surface area is 666 Å². The van der Waals surface area contributed by atoms with E-state index in [1.54, 1.807) is 49.6 Å². The first-order chi connectivity index (χ1) is 46.7. The Hall–Kier alpha value is -11.6. The number of rotatable bonds is 8. The summed E-state index contributed by atoms with van der Waals surface area (Å²) in [5, 5.41) is 39.2. The van der Waals surface area contributed by atoms with Gasteiger partial charge in [-0.1, -0.05) is 119 Å². The Morgan fingerprint density at radius 1 is 0.182 bits per heavy atom. The van der Waals surface area contributed by atoms with Gasteiger partial charge in [-0.15, -0.1) is 0 Å². The standard InChI is InChI=1S/4C15H11N3.2C6H2Cl2O4.2Fe.12H2O/c4*1-3-10-16-12(6-1)14-8-5-9-15(18-14)13-7-2-4-11-17-13;2*7-1-3(9)5(11)2(8)6(12)4(1)10;;;;;;;;;;;;;;/h4*1-11H;2*9,12H;;;12*1H2/q;;;;;;2*+2;;;;;;;;;;;;/p-4. The third-order valence-corrected chi connectivity index (χ3v) is 14.2. The minimum Gasteiger partial charge on any atom is -0.869 e. The van der Waals surface area contributed by atoms with E-state index in [9.17, 15) is 39.6 Å². The van der Waals surface area contributed by atoms with Crippen molar-refractivity contribution in [1.29, 1.82) is 0 Å². The van der Waals surface area contributed by atoms with Gasteiger partial charge in [-0.2, -0.15) is 0 Å². The number of hydrogen-bond acceptors (Lipinski definition) is 20. The van der Waals surface area contributed by atoms with Gasteiger partial charge in [-0.3, -0.25) is 59.0 Å². The zero-order valence-corrected chi connectivity index (χ0v) is 61.5. The Morgan fingerprint density at radius 2 is 0.291 bits per heavy atom. The Morgan fingerprint density at radius 3 is 0.391 bits per heavy atom. The smallest absolute Gasteiger partial charge is 0.869 e. The minimum atomic E-state index is -1.23. The molecule has 0 unspecified atom stereocenters. The molecule has 38 heteroatoms. The van der Waals surface area contributed by atoms with Crippen LogP contribution in [0.1, 0.15) is 0 Å². The van der Waals surface area contributed by atoms with Crippen LogP contribution < -0.4 is 20.4 Å². The van der Waals surface area contributed by atoms with Crippen molar-refractivity contribution in [3.63, 3.8) is 0 Å². The normalized spacial score (nSPS) is 10.9. The van der Waals surface area contributed by atoms with Gasteiger partial charge in [0.25, 0.3) is 0 Å². The second-order valence-corrected chi connectivity index (χ2v) is 20.8. The van der Waals surface area contributed by atoms with E-state index in [2.05, 4.69) is 59.8 Å².